The molecule has 0 saturated heterocycles. The molecule has 16 heavy (non-hydrogen) atoms. The molecule has 0 aromatic heterocycles. The Bertz CT molecular complexity index is 323. The van der Waals surface area contributed by atoms with E-state index in [0.29, 0.717) is 0 Å². The van der Waals surface area contributed by atoms with Crippen molar-refractivity contribution >= 4 is 16.4 Å². The number of carboxylic acid groups (broad SMARTS) is 1. The summed E-state index contributed by atoms with van der Waals surface area (Å²) in [6, 6.07) is 0. The number of aliphatic carboxylic acids is 1. The molecule has 0 saturated carbocycles. The maximum Gasteiger partial charge on any atom is 0.397 e. The van der Waals surface area contributed by atoms with Crippen LogP contribution < -0.4 is 0 Å². The predicted molar refractivity (Wildman–Crippen MR) is 51.2 cm³/mol. The Morgan fingerprint density at radius 1 is 1.44 bits per heavy atom. The Balaban J connectivity index is 4.34. The smallest absolute Gasteiger partial charge is 0.397 e. The average molecular weight is 258 g/mol. The van der Waals surface area contributed by atoms with Gasteiger partial charge in [-0.1, -0.05) is 0 Å². The molecule has 96 valence electrons. The molecule has 0 heterocycles. The molecule has 0 aliphatic carbocycles. The van der Waals surface area contributed by atoms with Gasteiger partial charge in [0.25, 0.3) is 0 Å². The van der Waals surface area contributed by atoms with E-state index >= 15 is 0 Å². The van der Waals surface area contributed by atoms with Crippen molar-refractivity contribution in [2.24, 2.45) is 0 Å². The minimum Gasteiger partial charge on any atom is -0.479 e. The van der Waals surface area contributed by atoms with Gasteiger partial charge < -0.3 is 14.9 Å². The van der Waals surface area contributed by atoms with Crippen molar-refractivity contribution in [2.45, 2.75) is 31.7 Å². The SMILES string of the molecule is COC(C[C@@H](O)C(C)OS(=O)(=O)O)C(=O)O. The number of ether oxygens (including phenoxy) is 1. The lowest BCUT2D eigenvalue weighted by Gasteiger charge is -2.20. The maximum absolute atomic E-state index is 10.5. The van der Waals surface area contributed by atoms with E-state index in [-0.39, 0.29) is 6.42 Å². The van der Waals surface area contributed by atoms with Gasteiger partial charge in [0.2, 0.25) is 0 Å². The first-order valence-electron chi connectivity index (χ1n) is 4.26. The Kier molecular flexibility index (Phi) is 5.83. The molecule has 2 unspecified atom stereocenters. The van der Waals surface area contributed by atoms with Gasteiger partial charge in [-0.2, -0.15) is 8.42 Å². The van der Waals surface area contributed by atoms with Crippen molar-refractivity contribution in [1.29, 1.82) is 0 Å². The van der Waals surface area contributed by atoms with Gasteiger partial charge in [-0.25, -0.2) is 8.98 Å². The number of rotatable bonds is 7. The van der Waals surface area contributed by atoms with E-state index in [1.807, 2.05) is 0 Å². The summed E-state index contributed by atoms with van der Waals surface area (Å²) in [5.41, 5.74) is 0. The van der Waals surface area contributed by atoms with Crippen LogP contribution in [-0.4, -0.2) is 54.6 Å². The van der Waals surface area contributed by atoms with Crippen LogP contribution in [0, 0.1) is 0 Å². The van der Waals surface area contributed by atoms with Gasteiger partial charge in [0, 0.05) is 13.5 Å². The molecule has 0 radical (unpaired) electrons. The van der Waals surface area contributed by atoms with Gasteiger partial charge >= 0.3 is 16.4 Å². The van der Waals surface area contributed by atoms with Crippen molar-refractivity contribution in [1.82, 2.24) is 0 Å². The molecule has 3 N–H and O–H groups in total. The van der Waals surface area contributed by atoms with Gasteiger partial charge in [0.05, 0.1) is 6.10 Å². The third-order valence-corrected chi connectivity index (χ3v) is 2.38. The lowest BCUT2D eigenvalue weighted by molar-refractivity contribution is -0.151. The van der Waals surface area contributed by atoms with Gasteiger partial charge in [0.15, 0.2) is 6.10 Å². The summed E-state index contributed by atoms with van der Waals surface area (Å²) >= 11 is 0. The van der Waals surface area contributed by atoms with Gasteiger partial charge in [-0.3, -0.25) is 4.55 Å². The molecule has 0 aliphatic rings. The summed E-state index contributed by atoms with van der Waals surface area (Å²) in [5.74, 6) is -1.29. The topological polar surface area (TPSA) is 130 Å². The first kappa shape index (κ1) is 15.3. The van der Waals surface area contributed by atoms with E-state index in [0.717, 1.165) is 7.11 Å². The van der Waals surface area contributed by atoms with Crippen LogP contribution in [0.5, 0.6) is 0 Å². The minimum absolute atomic E-state index is 0.359. The summed E-state index contributed by atoms with van der Waals surface area (Å²) in [6.45, 7) is 1.17. The molecule has 0 spiro atoms. The molecule has 9 heteroatoms. The number of carboxylic acids is 1. The first-order valence-corrected chi connectivity index (χ1v) is 5.63. The molecule has 0 aromatic carbocycles. The summed E-state index contributed by atoms with van der Waals surface area (Å²) in [5, 5.41) is 18.0. The highest BCUT2D eigenvalue weighted by atomic mass is 32.3. The molecule has 0 amide bonds. The van der Waals surface area contributed by atoms with Crippen LogP contribution in [0.2, 0.25) is 0 Å². The van der Waals surface area contributed by atoms with Crippen LogP contribution in [0.15, 0.2) is 0 Å². The van der Waals surface area contributed by atoms with E-state index in [2.05, 4.69) is 8.92 Å². The van der Waals surface area contributed by atoms with E-state index in [1.54, 1.807) is 0 Å². The number of carbonyl (C=O) groups is 1. The van der Waals surface area contributed by atoms with Crippen LogP contribution in [0.3, 0.4) is 0 Å². The standard InChI is InChI=1S/C7H14O8S/c1-4(15-16(11,12)13)5(8)3-6(14-2)7(9)10/h4-6,8H,3H2,1-2H3,(H,9,10)(H,11,12,13)/t4?,5-,6?/m1/s1. The number of aliphatic hydroxyl groups is 1. The number of hydrogen-bond acceptors (Lipinski definition) is 6. The third-order valence-electron chi connectivity index (χ3n) is 1.83. The van der Waals surface area contributed by atoms with Gasteiger partial charge in [0.1, 0.15) is 6.10 Å². The number of methoxy groups -OCH3 is 1. The fourth-order valence-corrected chi connectivity index (χ4v) is 1.48. The minimum atomic E-state index is -4.68. The average Bonchev–Trinajstić information content (AvgIpc) is 2.10. The largest absolute Gasteiger partial charge is 0.479 e. The zero-order valence-electron chi connectivity index (χ0n) is 8.73. The molecular formula is C7H14O8S. The summed E-state index contributed by atoms with van der Waals surface area (Å²) in [6.07, 6.45) is -4.31. The molecule has 0 fully saturated rings. The quantitative estimate of drug-likeness (QED) is 0.498. The highest BCUT2D eigenvalue weighted by Crippen LogP contribution is 2.10. The predicted octanol–water partition coefficient (Wildman–Crippen LogP) is -0.955. The molecular weight excluding hydrogens is 244 g/mol. The summed E-state index contributed by atoms with van der Waals surface area (Å²) < 4.78 is 37.5. The Morgan fingerprint density at radius 3 is 2.25 bits per heavy atom. The van der Waals surface area contributed by atoms with Gasteiger partial charge in [-0.05, 0) is 6.92 Å². The van der Waals surface area contributed by atoms with Crippen LogP contribution in [0.1, 0.15) is 13.3 Å². The number of hydrogen-bond donors (Lipinski definition) is 3. The molecule has 8 nitrogen and oxygen atoms in total. The Hall–Kier alpha value is -0.740. The Labute approximate surface area is 92.7 Å². The lowest BCUT2D eigenvalue weighted by atomic mass is 10.1. The van der Waals surface area contributed by atoms with Crippen LogP contribution in [0.25, 0.3) is 0 Å². The second kappa shape index (κ2) is 6.11. The lowest BCUT2D eigenvalue weighted by Crippen LogP contribution is -2.35. The molecule has 0 aromatic rings. The molecule has 0 aliphatic heterocycles. The van der Waals surface area contributed by atoms with Crippen LogP contribution in [0.4, 0.5) is 0 Å². The van der Waals surface area contributed by atoms with Crippen molar-refractivity contribution in [2.75, 3.05) is 7.11 Å². The first-order chi connectivity index (χ1) is 7.17. The zero-order chi connectivity index (χ0) is 12.9. The fourth-order valence-electron chi connectivity index (χ4n) is 0.965. The highest BCUT2D eigenvalue weighted by Gasteiger charge is 2.27. The molecule has 0 bridgehead atoms. The van der Waals surface area contributed by atoms with Crippen molar-refractivity contribution in [3.63, 3.8) is 0 Å². The maximum atomic E-state index is 10.5. The summed E-state index contributed by atoms with van der Waals surface area (Å²) in [7, 11) is -3.54. The third kappa shape index (κ3) is 5.98. The second-order valence-electron chi connectivity index (χ2n) is 3.09. The van der Waals surface area contributed by atoms with Crippen LogP contribution >= 0.6 is 0 Å². The van der Waals surface area contributed by atoms with E-state index in [9.17, 15) is 18.3 Å². The highest BCUT2D eigenvalue weighted by molar-refractivity contribution is 7.80. The van der Waals surface area contributed by atoms with Crippen molar-refractivity contribution in [3.05, 3.63) is 0 Å². The number of aliphatic hydroxyl groups excluding tert-OH is 1. The van der Waals surface area contributed by atoms with E-state index in [4.69, 9.17) is 9.66 Å². The monoisotopic (exact) mass is 258 g/mol. The Morgan fingerprint density at radius 2 is 1.94 bits per heavy atom. The zero-order valence-corrected chi connectivity index (χ0v) is 9.55. The van der Waals surface area contributed by atoms with Crippen LogP contribution in [-0.2, 0) is 24.1 Å². The summed E-state index contributed by atoms with van der Waals surface area (Å²) in [4.78, 5) is 10.5. The van der Waals surface area contributed by atoms with E-state index < -0.39 is 34.7 Å². The van der Waals surface area contributed by atoms with Crippen molar-refractivity contribution < 1.29 is 36.9 Å². The normalized spacial score (nSPS) is 17.8. The molecule has 3 atom stereocenters. The molecule has 0 rings (SSSR count). The second-order valence-corrected chi connectivity index (χ2v) is 4.14. The van der Waals surface area contributed by atoms with E-state index in [1.165, 1.54) is 6.92 Å². The van der Waals surface area contributed by atoms with Crippen molar-refractivity contribution in [3.8, 4) is 0 Å². The fraction of sp³-hybridized carbons (Fsp3) is 0.857. The van der Waals surface area contributed by atoms with Gasteiger partial charge in [-0.15, -0.1) is 0 Å².